The number of halogens is 1. The first-order chi connectivity index (χ1) is 7.45. The van der Waals surface area contributed by atoms with Gasteiger partial charge < -0.3 is 4.57 Å². The molecule has 0 unspecified atom stereocenters. The van der Waals surface area contributed by atoms with Gasteiger partial charge in [-0.2, -0.15) is 12.6 Å². The molecule has 0 aliphatic heterocycles. The quantitative estimate of drug-likeness (QED) is 0.400. The standard InChI is InChI=1S/C9H9BrN2O3S/c1-6(5-16)3-11-4-7(12(14)15)2-8(10)9(11)13/h2,4,16H,1,3,5H2. The predicted molar refractivity (Wildman–Crippen MR) is 68.0 cm³/mol. The summed E-state index contributed by atoms with van der Waals surface area (Å²) in [5.74, 6) is 0.423. The maximum Gasteiger partial charge on any atom is 0.286 e. The lowest BCUT2D eigenvalue weighted by Crippen LogP contribution is -2.21. The van der Waals surface area contributed by atoms with E-state index in [0.717, 1.165) is 0 Å². The molecule has 0 atom stereocenters. The second-order valence-corrected chi connectivity index (χ2v) is 4.32. The first-order valence-electron chi connectivity index (χ1n) is 4.27. The average molecular weight is 305 g/mol. The molecule has 0 bridgehead atoms. The van der Waals surface area contributed by atoms with Crippen molar-refractivity contribution in [1.29, 1.82) is 0 Å². The highest BCUT2D eigenvalue weighted by Gasteiger charge is 2.12. The van der Waals surface area contributed by atoms with Crippen LogP contribution in [0.5, 0.6) is 0 Å². The summed E-state index contributed by atoms with van der Waals surface area (Å²) in [5, 5.41) is 10.6. The lowest BCUT2D eigenvalue weighted by atomic mass is 10.3. The molecule has 1 aromatic rings. The van der Waals surface area contributed by atoms with E-state index in [0.29, 0.717) is 11.3 Å². The maximum atomic E-state index is 11.6. The Morgan fingerprint density at radius 1 is 1.69 bits per heavy atom. The summed E-state index contributed by atoms with van der Waals surface area (Å²) < 4.78 is 1.40. The molecule has 0 N–H and O–H groups in total. The number of pyridine rings is 1. The molecule has 16 heavy (non-hydrogen) atoms. The number of hydrogen-bond acceptors (Lipinski definition) is 4. The van der Waals surface area contributed by atoms with E-state index in [1.165, 1.54) is 16.8 Å². The molecule has 86 valence electrons. The highest BCUT2D eigenvalue weighted by Crippen LogP contribution is 2.14. The van der Waals surface area contributed by atoms with Crippen molar-refractivity contribution < 1.29 is 4.92 Å². The van der Waals surface area contributed by atoms with Crippen LogP contribution in [0.15, 0.2) is 33.7 Å². The van der Waals surface area contributed by atoms with Gasteiger partial charge in [-0.25, -0.2) is 0 Å². The van der Waals surface area contributed by atoms with E-state index < -0.39 is 4.92 Å². The van der Waals surface area contributed by atoms with Crippen LogP contribution < -0.4 is 5.56 Å². The molecule has 5 nitrogen and oxygen atoms in total. The third-order valence-electron chi connectivity index (χ3n) is 1.86. The monoisotopic (exact) mass is 304 g/mol. The van der Waals surface area contributed by atoms with Gasteiger partial charge in [0.05, 0.1) is 15.6 Å². The molecule has 0 spiro atoms. The predicted octanol–water partition coefficient (Wildman–Crippen LogP) is 2.00. The minimum atomic E-state index is -0.551. The van der Waals surface area contributed by atoms with Crippen molar-refractivity contribution in [3.05, 3.63) is 49.4 Å². The Labute approximate surface area is 105 Å². The molecule has 0 fully saturated rings. The van der Waals surface area contributed by atoms with Crippen LogP contribution in [0.4, 0.5) is 5.69 Å². The number of hydrogen-bond donors (Lipinski definition) is 1. The van der Waals surface area contributed by atoms with Crippen molar-refractivity contribution in [2.24, 2.45) is 0 Å². The van der Waals surface area contributed by atoms with Gasteiger partial charge in [0.1, 0.15) is 0 Å². The molecule has 0 aliphatic rings. The molecular formula is C9H9BrN2O3S. The summed E-state index contributed by atoms with van der Waals surface area (Å²) in [5.41, 5.74) is 0.241. The second kappa shape index (κ2) is 5.31. The smallest absolute Gasteiger partial charge is 0.286 e. The Bertz CT molecular complexity index is 498. The van der Waals surface area contributed by atoms with Crippen LogP contribution in [0.2, 0.25) is 0 Å². The van der Waals surface area contributed by atoms with Gasteiger partial charge in [0.15, 0.2) is 0 Å². The van der Waals surface area contributed by atoms with E-state index in [-0.39, 0.29) is 22.3 Å². The van der Waals surface area contributed by atoms with Crippen molar-refractivity contribution in [2.75, 3.05) is 5.75 Å². The molecule has 0 saturated heterocycles. The van der Waals surface area contributed by atoms with E-state index in [9.17, 15) is 14.9 Å². The molecule has 1 heterocycles. The van der Waals surface area contributed by atoms with Gasteiger partial charge in [-0.15, -0.1) is 0 Å². The fourth-order valence-electron chi connectivity index (χ4n) is 1.09. The number of thiol groups is 1. The summed E-state index contributed by atoms with van der Waals surface area (Å²) in [6.07, 6.45) is 1.20. The van der Waals surface area contributed by atoms with Gasteiger partial charge in [0.25, 0.3) is 11.2 Å². The van der Waals surface area contributed by atoms with E-state index in [2.05, 4.69) is 35.1 Å². The normalized spacial score (nSPS) is 10.1. The Morgan fingerprint density at radius 3 is 2.81 bits per heavy atom. The van der Waals surface area contributed by atoms with Crippen LogP contribution in [-0.4, -0.2) is 15.2 Å². The molecule has 1 rings (SSSR count). The van der Waals surface area contributed by atoms with Crippen molar-refractivity contribution in [1.82, 2.24) is 4.57 Å². The van der Waals surface area contributed by atoms with Crippen molar-refractivity contribution in [2.45, 2.75) is 6.54 Å². The molecule has 0 saturated carbocycles. The molecular weight excluding hydrogens is 296 g/mol. The summed E-state index contributed by atoms with van der Waals surface area (Å²) in [6.45, 7) is 3.92. The van der Waals surface area contributed by atoms with Crippen LogP contribution in [0.3, 0.4) is 0 Å². The Balaban J connectivity index is 3.22. The van der Waals surface area contributed by atoms with Crippen molar-refractivity contribution >= 4 is 34.2 Å². The zero-order valence-electron chi connectivity index (χ0n) is 8.22. The lowest BCUT2D eigenvalue weighted by molar-refractivity contribution is -0.385. The van der Waals surface area contributed by atoms with E-state index in [1.54, 1.807) is 0 Å². The first-order valence-corrected chi connectivity index (χ1v) is 5.70. The lowest BCUT2D eigenvalue weighted by Gasteiger charge is -2.06. The van der Waals surface area contributed by atoms with E-state index in [1.807, 2.05) is 0 Å². The third kappa shape index (κ3) is 2.96. The fraction of sp³-hybridized carbons (Fsp3) is 0.222. The third-order valence-corrected chi connectivity index (χ3v) is 2.87. The van der Waals surface area contributed by atoms with Crippen LogP contribution in [0.25, 0.3) is 0 Å². The zero-order valence-corrected chi connectivity index (χ0v) is 10.7. The molecule has 0 aromatic carbocycles. The SMILES string of the molecule is C=C(CS)Cn1cc([N+](=O)[O-])cc(Br)c1=O. The zero-order chi connectivity index (χ0) is 12.3. The van der Waals surface area contributed by atoms with Crippen molar-refractivity contribution in [3.8, 4) is 0 Å². The van der Waals surface area contributed by atoms with Gasteiger partial charge >= 0.3 is 0 Å². The fourth-order valence-corrected chi connectivity index (χ4v) is 1.65. The van der Waals surface area contributed by atoms with Crippen LogP contribution in [0, 0.1) is 10.1 Å². The largest absolute Gasteiger partial charge is 0.304 e. The molecule has 7 heteroatoms. The van der Waals surface area contributed by atoms with Gasteiger partial charge in [-0.05, 0) is 21.5 Å². The summed E-state index contributed by atoms with van der Waals surface area (Å²) in [6, 6.07) is 1.18. The molecule has 0 radical (unpaired) electrons. The van der Waals surface area contributed by atoms with Crippen LogP contribution >= 0.6 is 28.6 Å². The highest BCUT2D eigenvalue weighted by atomic mass is 79.9. The van der Waals surface area contributed by atoms with Gasteiger partial charge in [0.2, 0.25) is 0 Å². The Kier molecular flexibility index (Phi) is 4.31. The van der Waals surface area contributed by atoms with E-state index >= 15 is 0 Å². The van der Waals surface area contributed by atoms with Gasteiger partial charge in [-0.3, -0.25) is 14.9 Å². The second-order valence-electron chi connectivity index (χ2n) is 3.14. The Morgan fingerprint density at radius 2 is 2.31 bits per heavy atom. The maximum absolute atomic E-state index is 11.6. The molecule has 1 aromatic heterocycles. The topological polar surface area (TPSA) is 65.1 Å². The summed E-state index contributed by atoms with van der Waals surface area (Å²) in [7, 11) is 0. The first kappa shape index (κ1) is 13.0. The van der Waals surface area contributed by atoms with Crippen molar-refractivity contribution in [3.63, 3.8) is 0 Å². The van der Waals surface area contributed by atoms with Gasteiger partial charge in [-0.1, -0.05) is 6.58 Å². The number of aromatic nitrogens is 1. The number of rotatable bonds is 4. The minimum absolute atomic E-state index is 0.140. The van der Waals surface area contributed by atoms with E-state index in [4.69, 9.17) is 0 Å². The summed E-state index contributed by atoms with van der Waals surface area (Å²) in [4.78, 5) is 21.7. The Hall–Kier alpha value is -1.08. The van der Waals surface area contributed by atoms with Crippen LogP contribution in [-0.2, 0) is 6.54 Å². The molecule has 0 amide bonds. The van der Waals surface area contributed by atoms with Gasteiger partial charge in [0, 0.05) is 18.4 Å². The summed E-state index contributed by atoms with van der Waals surface area (Å²) >= 11 is 7.00. The molecule has 0 aliphatic carbocycles. The average Bonchev–Trinajstić information content (AvgIpc) is 2.23. The van der Waals surface area contributed by atoms with Crippen LogP contribution in [0.1, 0.15) is 0 Å². The highest BCUT2D eigenvalue weighted by molar-refractivity contribution is 9.10. The minimum Gasteiger partial charge on any atom is -0.304 e. The number of nitro groups is 1. The number of nitrogens with zero attached hydrogens (tertiary/aromatic N) is 2.